The van der Waals surface area contributed by atoms with Gasteiger partial charge in [0, 0.05) is 11.3 Å². The lowest BCUT2D eigenvalue weighted by molar-refractivity contribution is -0.134. The molecule has 0 spiro atoms. The highest BCUT2D eigenvalue weighted by Gasteiger charge is 2.43. The van der Waals surface area contributed by atoms with Crippen LogP contribution in [-0.2, 0) is 4.79 Å². The van der Waals surface area contributed by atoms with Crippen molar-refractivity contribution < 1.29 is 4.79 Å². The van der Waals surface area contributed by atoms with Gasteiger partial charge in [-0.3, -0.25) is 4.79 Å². The van der Waals surface area contributed by atoms with Crippen molar-refractivity contribution in [1.82, 2.24) is 0 Å². The summed E-state index contributed by atoms with van der Waals surface area (Å²) in [5.41, 5.74) is 0.0934. The summed E-state index contributed by atoms with van der Waals surface area (Å²) in [7, 11) is 0. The summed E-state index contributed by atoms with van der Waals surface area (Å²) in [4.78, 5) is 12.9. The van der Waals surface area contributed by atoms with Crippen molar-refractivity contribution in [2.24, 2.45) is 17.3 Å². The smallest absolute Gasteiger partial charge is 0.142 e. The molecular formula is C16H28O. The highest BCUT2D eigenvalue weighted by Crippen LogP contribution is 2.47. The van der Waals surface area contributed by atoms with E-state index in [2.05, 4.69) is 13.8 Å². The van der Waals surface area contributed by atoms with Crippen molar-refractivity contribution in [3.05, 3.63) is 0 Å². The lowest BCUT2D eigenvalue weighted by Gasteiger charge is -2.34. The van der Waals surface area contributed by atoms with Gasteiger partial charge < -0.3 is 0 Å². The number of carbonyl (C=O) groups excluding carboxylic acids is 1. The Morgan fingerprint density at radius 1 is 1.06 bits per heavy atom. The summed E-state index contributed by atoms with van der Waals surface area (Å²) in [6, 6.07) is 0. The summed E-state index contributed by atoms with van der Waals surface area (Å²) < 4.78 is 0. The maximum Gasteiger partial charge on any atom is 0.142 e. The monoisotopic (exact) mass is 236 g/mol. The van der Waals surface area contributed by atoms with Crippen LogP contribution in [-0.4, -0.2) is 5.78 Å². The average molecular weight is 236 g/mol. The van der Waals surface area contributed by atoms with Crippen molar-refractivity contribution in [2.75, 3.05) is 0 Å². The van der Waals surface area contributed by atoms with Gasteiger partial charge >= 0.3 is 0 Å². The Bertz CT molecular complexity index is 255. The van der Waals surface area contributed by atoms with Gasteiger partial charge in [-0.2, -0.15) is 0 Å². The second-order valence-electron chi connectivity index (χ2n) is 6.78. The summed E-state index contributed by atoms with van der Waals surface area (Å²) in [6.45, 7) is 4.54. The second-order valence-corrected chi connectivity index (χ2v) is 6.78. The number of hydrogen-bond donors (Lipinski definition) is 0. The molecule has 1 nitrogen and oxygen atoms in total. The van der Waals surface area contributed by atoms with E-state index < -0.39 is 0 Å². The number of Topliss-reactive ketones (excluding diaryl/α,β-unsaturated/α-hetero) is 1. The normalized spacial score (nSPS) is 25.4. The van der Waals surface area contributed by atoms with E-state index >= 15 is 0 Å². The molecule has 0 aromatic rings. The van der Waals surface area contributed by atoms with E-state index in [1.54, 1.807) is 0 Å². The molecule has 0 heterocycles. The van der Waals surface area contributed by atoms with Crippen LogP contribution in [0.5, 0.6) is 0 Å². The van der Waals surface area contributed by atoms with E-state index in [-0.39, 0.29) is 5.41 Å². The zero-order chi connectivity index (χ0) is 12.3. The van der Waals surface area contributed by atoms with E-state index in [1.165, 1.54) is 57.8 Å². The Hall–Kier alpha value is -0.330. The average Bonchev–Trinajstić information content (AvgIpc) is 2.78. The van der Waals surface area contributed by atoms with Gasteiger partial charge in [-0.15, -0.1) is 0 Å². The van der Waals surface area contributed by atoms with Gasteiger partial charge in [-0.05, 0) is 38.0 Å². The minimum Gasteiger partial charge on any atom is -0.299 e. The number of rotatable bonds is 4. The van der Waals surface area contributed by atoms with Crippen molar-refractivity contribution in [3.63, 3.8) is 0 Å². The molecule has 2 saturated carbocycles. The van der Waals surface area contributed by atoms with E-state index in [4.69, 9.17) is 0 Å². The Morgan fingerprint density at radius 2 is 1.65 bits per heavy atom. The SMILES string of the molecule is CC(C)CC1(C(=O)C2CCCCC2)CCCC1. The van der Waals surface area contributed by atoms with Gasteiger partial charge in [0.25, 0.3) is 0 Å². The van der Waals surface area contributed by atoms with E-state index in [0.717, 1.165) is 6.42 Å². The highest BCUT2D eigenvalue weighted by atomic mass is 16.1. The van der Waals surface area contributed by atoms with Gasteiger partial charge in [0.2, 0.25) is 0 Å². The number of ketones is 1. The molecule has 0 atom stereocenters. The molecule has 0 N–H and O–H groups in total. The Kier molecular flexibility index (Phi) is 4.27. The molecule has 1 heteroatoms. The minimum atomic E-state index is 0.0934. The molecule has 0 saturated heterocycles. The molecule has 0 amide bonds. The first-order valence-electron chi connectivity index (χ1n) is 7.68. The van der Waals surface area contributed by atoms with Crippen LogP contribution in [0.4, 0.5) is 0 Å². The molecule has 2 aliphatic carbocycles. The fourth-order valence-corrected chi connectivity index (χ4v) is 4.18. The Labute approximate surface area is 106 Å². The Balaban J connectivity index is 2.06. The van der Waals surface area contributed by atoms with Crippen LogP contribution in [0.25, 0.3) is 0 Å². The predicted molar refractivity (Wildman–Crippen MR) is 71.9 cm³/mol. The van der Waals surface area contributed by atoms with Crippen molar-refractivity contribution in [2.45, 2.75) is 78.1 Å². The molecule has 0 bridgehead atoms. The lowest BCUT2D eigenvalue weighted by Crippen LogP contribution is -2.36. The van der Waals surface area contributed by atoms with Gasteiger partial charge in [0.15, 0.2) is 0 Å². The lowest BCUT2D eigenvalue weighted by atomic mass is 9.68. The minimum absolute atomic E-state index is 0.0934. The third kappa shape index (κ3) is 2.92. The first-order valence-corrected chi connectivity index (χ1v) is 7.68. The second kappa shape index (κ2) is 5.54. The van der Waals surface area contributed by atoms with Crippen molar-refractivity contribution >= 4 is 5.78 Å². The maximum atomic E-state index is 12.9. The highest BCUT2D eigenvalue weighted by molar-refractivity contribution is 5.87. The largest absolute Gasteiger partial charge is 0.299 e. The standard InChI is InChI=1S/C16H28O/c1-13(2)12-16(10-6-7-11-16)15(17)14-8-4-3-5-9-14/h13-14H,3-12H2,1-2H3. The zero-order valence-corrected chi connectivity index (χ0v) is 11.6. The molecule has 17 heavy (non-hydrogen) atoms. The first kappa shape index (κ1) is 13.1. The molecule has 2 fully saturated rings. The number of hydrogen-bond acceptors (Lipinski definition) is 1. The first-order chi connectivity index (χ1) is 8.14. The van der Waals surface area contributed by atoms with Crippen LogP contribution >= 0.6 is 0 Å². The van der Waals surface area contributed by atoms with Crippen LogP contribution in [0.15, 0.2) is 0 Å². The third-order valence-electron chi connectivity index (χ3n) is 4.86. The van der Waals surface area contributed by atoms with Crippen molar-refractivity contribution in [1.29, 1.82) is 0 Å². The number of carbonyl (C=O) groups is 1. The fourth-order valence-electron chi connectivity index (χ4n) is 4.18. The third-order valence-corrected chi connectivity index (χ3v) is 4.86. The molecule has 2 aliphatic rings. The summed E-state index contributed by atoms with van der Waals surface area (Å²) in [5, 5.41) is 0. The van der Waals surface area contributed by atoms with Crippen LogP contribution < -0.4 is 0 Å². The molecule has 2 rings (SSSR count). The van der Waals surface area contributed by atoms with E-state index in [1.807, 2.05) is 0 Å². The molecule has 0 aromatic heterocycles. The van der Waals surface area contributed by atoms with Crippen molar-refractivity contribution in [3.8, 4) is 0 Å². The predicted octanol–water partition coefficient (Wildman–Crippen LogP) is 4.74. The summed E-state index contributed by atoms with van der Waals surface area (Å²) in [6.07, 6.45) is 12.3. The van der Waals surface area contributed by atoms with Gasteiger partial charge in [0.1, 0.15) is 5.78 Å². The summed E-state index contributed by atoms with van der Waals surface area (Å²) >= 11 is 0. The van der Waals surface area contributed by atoms with E-state index in [0.29, 0.717) is 17.6 Å². The van der Waals surface area contributed by atoms with Gasteiger partial charge in [-0.25, -0.2) is 0 Å². The molecule has 0 unspecified atom stereocenters. The Morgan fingerprint density at radius 3 is 2.18 bits per heavy atom. The molecular weight excluding hydrogens is 208 g/mol. The van der Waals surface area contributed by atoms with Crippen LogP contribution in [0, 0.1) is 17.3 Å². The van der Waals surface area contributed by atoms with Gasteiger partial charge in [-0.1, -0.05) is 46.0 Å². The van der Waals surface area contributed by atoms with Gasteiger partial charge in [0.05, 0.1) is 0 Å². The molecule has 98 valence electrons. The topological polar surface area (TPSA) is 17.1 Å². The molecule has 0 aromatic carbocycles. The van der Waals surface area contributed by atoms with E-state index in [9.17, 15) is 4.79 Å². The molecule has 0 radical (unpaired) electrons. The fraction of sp³-hybridized carbons (Fsp3) is 0.938. The summed E-state index contributed by atoms with van der Waals surface area (Å²) in [5.74, 6) is 1.74. The maximum absolute atomic E-state index is 12.9. The van der Waals surface area contributed by atoms with Crippen LogP contribution in [0.3, 0.4) is 0 Å². The van der Waals surface area contributed by atoms with Crippen LogP contribution in [0.1, 0.15) is 78.1 Å². The zero-order valence-electron chi connectivity index (χ0n) is 11.6. The van der Waals surface area contributed by atoms with Crippen LogP contribution in [0.2, 0.25) is 0 Å². The quantitative estimate of drug-likeness (QED) is 0.689. The molecule has 0 aliphatic heterocycles.